The Labute approximate surface area is 98.8 Å². The first-order valence-electron chi connectivity index (χ1n) is 6.29. The van der Waals surface area contributed by atoms with E-state index in [9.17, 15) is 4.79 Å². The fourth-order valence-electron chi connectivity index (χ4n) is 2.38. The lowest BCUT2D eigenvalue weighted by molar-refractivity contribution is -0.137. The predicted octanol–water partition coefficient (Wildman–Crippen LogP) is 0.524. The fraction of sp³-hybridized carbons (Fsp3) is 0.917. The van der Waals surface area contributed by atoms with Gasteiger partial charge in [0.15, 0.2) is 0 Å². The molecule has 0 radical (unpaired) electrons. The molecule has 2 N–H and O–H groups in total. The Morgan fingerprint density at radius 1 is 1.50 bits per heavy atom. The zero-order valence-electron chi connectivity index (χ0n) is 10.8. The summed E-state index contributed by atoms with van der Waals surface area (Å²) >= 11 is 0. The van der Waals surface area contributed by atoms with Gasteiger partial charge in [0.25, 0.3) is 0 Å². The molecule has 1 amide bonds. The number of rotatable bonds is 3. The summed E-state index contributed by atoms with van der Waals surface area (Å²) in [5, 5.41) is 0. The molecule has 2 atom stereocenters. The van der Waals surface area contributed by atoms with E-state index in [1.165, 1.54) is 0 Å². The highest BCUT2D eigenvalue weighted by Crippen LogP contribution is 2.14. The molecule has 4 nitrogen and oxygen atoms in total. The van der Waals surface area contributed by atoms with E-state index < -0.39 is 0 Å². The maximum Gasteiger partial charge on any atom is 0.227 e. The molecule has 1 fully saturated rings. The van der Waals surface area contributed by atoms with Crippen molar-refractivity contribution in [2.75, 3.05) is 33.2 Å². The first-order valence-corrected chi connectivity index (χ1v) is 6.29. The molecule has 1 aliphatic rings. The number of nitrogens with zero attached hydrogens (tertiary/aromatic N) is 2. The average Bonchev–Trinajstić information content (AvgIpc) is 2.40. The summed E-state index contributed by atoms with van der Waals surface area (Å²) in [6.45, 7) is 7.54. The van der Waals surface area contributed by atoms with Crippen LogP contribution in [0, 0.1) is 5.92 Å². The first kappa shape index (κ1) is 13.5. The van der Waals surface area contributed by atoms with Gasteiger partial charge in [-0.25, -0.2) is 0 Å². The molecule has 1 heterocycles. The Hall–Kier alpha value is -0.610. The second-order valence-electron chi connectivity index (χ2n) is 4.84. The lowest BCUT2D eigenvalue weighted by atomic mass is 10.0. The number of amides is 1. The number of hydrogen-bond acceptors (Lipinski definition) is 3. The largest absolute Gasteiger partial charge is 0.338 e. The van der Waals surface area contributed by atoms with Crippen LogP contribution >= 0.6 is 0 Å². The van der Waals surface area contributed by atoms with Gasteiger partial charge in [0.2, 0.25) is 5.91 Å². The van der Waals surface area contributed by atoms with E-state index in [1.54, 1.807) is 0 Å². The van der Waals surface area contributed by atoms with Gasteiger partial charge in [-0.3, -0.25) is 4.79 Å². The third kappa shape index (κ3) is 3.19. The zero-order valence-corrected chi connectivity index (χ0v) is 10.8. The highest BCUT2D eigenvalue weighted by molar-refractivity contribution is 5.79. The summed E-state index contributed by atoms with van der Waals surface area (Å²) in [4.78, 5) is 16.6. The normalized spacial score (nSPS) is 25.2. The Bertz CT molecular complexity index is 228. The lowest BCUT2D eigenvalue weighted by Gasteiger charge is -2.30. The van der Waals surface area contributed by atoms with Crippen LogP contribution in [0.1, 0.15) is 26.7 Å². The number of carbonyl (C=O) groups is 1. The minimum atomic E-state index is 0.00542. The van der Waals surface area contributed by atoms with E-state index in [1.807, 2.05) is 11.8 Å². The molecule has 0 saturated carbocycles. The minimum Gasteiger partial charge on any atom is -0.338 e. The lowest BCUT2D eigenvalue weighted by Crippen LogP contribution is -2.46. The first-order chi connectivity index (χ1) is 7.60. The highest BCUT2D eigenvalue weighted by atomic mass is 16.2. The molecule has 1 aliphatic heterocycles. The van der Waals surface area contributed by atoms with Gasteiger partial charge in [-0.1, -0.05) is 6.92 Å². The van der Waals surface area contributed by atoms with Crippen LogP contribution in [0.4, 0.5) is 0 Å². The second-order valence-corrected chi connectivity index (χ2v) is 4.84. The third-order valence-corrected chi connectivity index (χ3v) is 3.46. The third-order valence-electron chi connectivity index (χ3n) is 3.46. The molecule has 0 aliphatic carbocycles. The van der Waals surface area contributed by atoms with E-state index in [4.69, 9.17) is 5.73 Å². The molecule has 1 rings (SSSR count). The van der Waals surface area contributed by atoms with Crippen LogP contribution in [0.2, 0.25) is 0 Å². The second kappa shape index (κ2) is 6.21. The molecule has 2 unspecified atom stereocenters. The summed E-state index contributed by atoms with van der Waals surface area (Å²) in [5.41, 5.74) is 5.64. The van der Waals surface area contributed by atoms with E-state index in [0.717, 1.165) is 32.5 Å². The topological polar surface area (TPSA) is 49.6 Å². The number of nitrogens with two attached hydrogens (primary N) is 1. The van der Waals surface area contributed by atoms with E-state index >= 15 is 0 Å². The van der Waals surface area contributed by atoms with Crippen molar-refractivity contribution in [3.05, 3.63) is 0 Å². The van der Waals surface area contributed by atoms with Gasteiger partial charge >= 0.3 is 0 Å². The molecule has 0 aromatic rings. The van der Waals surface area contributed by atoms with Crippen LogP contribution in [0.5, 0.6) is 0 Å². The van der Waals surface area contributed by atoms with Gasteiger partial charge in [0.05, 0.1) is 5.92 Å². The summed E-state index contributed by atoms with van der Waals surface area (Å²) in [6.07, 6.45) is 1.90. The van der Waals surface area contributed by atoms with Gasteiger partial charge in [0.1, 0.15) is 0 Å². The maximum absolute atomic E-state index is 12.3. The average molecular weight is 227 g/mol. The van der Waals surface area contributed by atoms with Crippen molar-refractivity contribution in [1.82, 2.24) is 9.80 Å². The standard InChI is InChI=1S/C12H25N3O/c1-4-11(8-13)12(16)15-7-5-6-14(3)9-10(15)2/h10-11H,4-9,13H2,1-3H3. The minimum absolute atomic E-state index is 0.00542. The van der Waals surface area contributed by atoms with E-state index in [2.05, 4.69) is 18.9 Å². The Morgan fingerprint density at radius 2 is 2.19 bits per heavy atom. The molecule has 0 spiro atoms. The van der Waals surface area contributed by atoms with Gasteiger partial charge in [-0.15, -0.1) is 0 Å². The van der Waals surface area contributed by atoms with Crippen LogP contribution < -0.4 is 5.73 Å². The molecule has 0 aromatic heterocycles. The summed E-state index contributed by atoms with van der Waals surface area (Å²) in [5.74, 6) is 0.249. The van der Waals surface area contributed by atoms with Crippen molar-refractivity contribution < 1.29 is 4.79 Å². The van der Waals surface area contributed by atoms with Gasteiger partial charge in [-0.05, 0) is 33.4 Å². The smallest absolute Gasteiger partial charge is 0.227 e. The van der Waals surface area contributed by atoms with Crippen molar-refractivity contribution in [2.45, 2.75) is 32.7 Å². The molecular formula is C12H25N3O. The highest BCUT2D eigenvalue weighted by Gasteiger charge is 2.27. The predicted molar refractivity (Wildman–Crippen MR) is 66.1 cm³/mol. The van der Waals surface area contributed by atoms with Crippen molar-refractivity contribution in [3.8, 4) is 0 Å². The monoisotopic (exact) mass is 227 g/mol. The van der Waals surface area contributed by atoms with Crippen molar-refractivity contribution in [2.24, 2.45) is 11.7 Å². The quantitative estimate of drug-likeness (QED) is 0.765. The number of hydrogen-bond donors (Lipinski definition) is 1. The Balaban J connectivity index is 2.66. The number of carbonyl (C=O) groups excluding carboxylic acids is 1. The fourth-order valence-corrected chi connectivity index (χ4v) is 2.38. The van der Waals surface area contributed by atoms with Crippen LogP contribution in [0.15, 0.2) is 0 Å². The van der Waals surface area contributed by atoms with Gasteiger partial charge in [0, 0.05) is 25.7 Å². The van der Waals surface area contributed by atoms with Gasteiger partial charge in [-0.2, -0.15) is 0 Å². The van der Waals surface area contributed by atoms with Crippen LogP contribution in [0.25, 0.3) is 0 Å². The van der Waals surface area contributed by atoms with Crippen LogP contribution in [-0.4, -0.2) is 55.0 Å². The summed E-state index contributed by atoms with van der Waals surface area (Å²) < 4.78 is 0. The SMILES string of the molecule is CCC(CN)C(=O)N1CCCN(C)CC1C. The van der Waals surface area contributed by atoms with Gasteiger partial charge < -0.3 is 15.5 Å². The van der Waals surface area contributed by atoms with E-state index in [-0.39, 0.29) is 11.8 Å². The molecular weight excluding hydrogens is 202 g/mol. The molecule has 94 valence electrons. The summed E-state index contributed by atoms with van der Waals surface area (Å²) in [7, 11) is 2.12. The van der Waals surface area contributed by atoms with Crippen molar-refractivity contribution >= 4 is 5.91 Å². The molecule has 16 heavy (non-hydrogen) atoms. The molecule has 0 bridgehead atoms. The number of likely N-dealkylation sites (N-methyl/N-ethyl adjacent to an activating group) is 1. The zero-order chi connectivity index (χ0) is 12.1. The van der Waals surface area contributed by atoms with E-state index in [0.29, 0.717) is 12.6 Å². The Morgan fingerprint density at radius 3 is 2.75 bits per heavy atom. The molecule has 0 aromatic carbocycles. The maximum atomic E-state index is 12.3. The molecule has 1 saturated heterocycles. The van der Waals surface area contributed by atoms with Crippen molar-refractivity contribution in [1.29, 1.82) is 0 Å². The molecule has 4 heteroatoms. The van der Waals surface area contributed by atoms with Crippen LogP contribution in [0.3, 0.4) is 0 Å². The Kier molecular flexibility index (Phi) is 5.22. The summed E-state index contributed by atoms with van der Waals surface area (Å²) in [6, 6.07) is 0.306. The van der Waals surface area contributed by atoms with Crippen LogP contribution in [-0.2, 0) is 4.79 Å². The van der Waals surface area contributed by atoms with Crippen molar-refractivity contribution in [3.63, 3.8) is 0 Å².